The first-order chi connectivity index (χ1) is 12.0. The molecule has 2 rings (SSSR count). The summed E-state index contributed by atoms with van der Waals surface area (Å²) in [5.41, 5.74) is -3.46. The summed E-state index contributed by atoms with van der Waals surface area (Å²) in [6.45, 7) is 15.6. The van der Waals surface area contributed by atoms with Crippen molar-refractivity contribution in [1.29, 1.82) is 0 Å². The van der Waals surface area contributed by atoms with Gasteiger partial charge in [-0.05, 0) is 80.0 Å². The molecule has 0 spiro atoms. The van der Waals surface area contributed by atoms with Gasteiger partial charge in [-0.3, -0.25) is 4.79 Å². The van der Waals surface area contributed by atoms with Crippen LogP contribution in [0, 0.1) is 11.6 Å². The minimum atomic E-state index is -1.22. The van der Waals surface area contributed by atoms with Crippen molar-refractivity contribution >= 4 is 18.6 Å². The molecular formula is C20H29BF2O4. The molecule has 1 heterocycles. The molecule has 0 saturated carbocycles. The van der Waals surface area contributed by atoms with Gasteiger partial charge in [-0.2, -0.15) is 0 Å². The van der Waals surface area contributed by atoms with Gasteiger partial charge in [0.05, 0.1) is 22.1 Å². The van der Waals surface area contributed by atoms with E-state index < -0.39 is 46.9 Å². The Hall–Kier alpha value is -1.47. The minimum Gasteiger partial charge on any atom is -0.459 e. The van der Waals surface area contributed by atoms with Crippen LogP contribution < -0.4 is 5.46 Å². The first kappa shape index (κ1) is 21.8. The zero-order valence-electron chi connectivity index (χ0n) is 17.6. The van der Waals surface area contributed by atoms with Crippen LogP contribution in [-0.2, 0) is 24.3 Å². The Labute approximate surface area is 160 Å². The quantitative estimate of drug-likeness (QED) is 0.588. The molecule has 1 aliphatic heterocycles. The summed E-state index contributed by atoms with van der Waals surface area (Å²) in [7, 11) is -1.16. The molecule has 1 aromatic rings. The van der Waals surface area contributed by atoms with Gasteiger partial charge >= 0.3 is 13.1 Å². The van der Waals surface area contributed by atoms with Crippen LogP contribution in [0.3, 0.4) is 0 Å². The molecule has 0 aliphatic carbocycles. The van der Waals surface area contributed by atoms with E-state index in [1.807, 2.05) is 27.7 Å². The summed E-state index contributed by atoms with van der Waals surface area (Å²) >= 11 is 0. The second-order valence-electron chi connectivity index (χ2n) is 9.57. The second-order valence-corrected chi connectivity index (χ2v) is 9.57. The van der Waals surface area contributed by atoms with Gasteiger partial charge in [0.25, 0.3) is 0 Å². The molecule has 1 fully saturated rings. The summed E-state index contributed by atoms with van der Waals surface area (Å²) < 4.78 is 46.6. The molecule has 0 atom stereocenters. The predicted octanol–water partition coefficient (Wildman–Crippen LogP) is 3.88. The lowest BCUT2D eigenvalue weighted by molar-refractivity contribution is -0.160. The number of ether oxygens (including phenoxy) is 1. The van der Waals surface area contributed by atoms with Gasteiger partial charge in [-0.1, -0.05) is 0 Å². The topological polar surface area (TPSA) is 44.8 Å². The number of carbonyl (C=O) groups excluding carboxylic acids is 1. The molecule has 0 unspecified atom stereocenters. The summed E-state index contributed by atoms with van der Waals surface area (Å²) in [6, 6.07) is 2.29. The van der Waals surface area contributed by atoms with Gasteiger partial charge in [0.2, 0.25) is 0 Å². The SMILES string of the molecule is CC(C)(C)OC(=O)C(C)(C)c1cc(F)c(B2OC(C)(C)C(C)(C)O2)c(F)c1. The molecular weight excluding hydrogens is 353 g/mol. The number of rotatable bonds is 3. The van der Waals surface area contributed by atoms with Crippen LogP contribution in [0.1, 0.15) is 67.9 Å². The molecule has 0 bridgehead atoms. The first-order valence-electron chi connectivity index (χ1n) is 9.06. The molecule has 1 saturated heterocycles. The lowest BCUT2D eigenvalue weighted by Gasteiger charge is -2.32. The monoisotopic (exact) mass is 382 g/mol. The number of hydrogen-bond donors (Lipinski definition) is 0. The maximum absolute atomic E-state index is 14.8. The standard InChI is InChI=1S/C20H29BF2O4/c1-17(2,3)25-16(24)18(4,5)12-10-13(22)15(14(23)11-12)21-26-19(6,7)20(8,9)27-21/h10-11H,1-9H3. The Kier molecular flexibility index (Phi) is 5.30. The van der Waals surface area contributed by atoms with Crippen LogP contribution in [0.15, 0.2) is 12.1 Å². The largest absolute Gasteiger partial charge is 0.500 e. The fraction of sp³-hybridized carbons (Fsp3) is 0.650. The highest BCUT2D eigenvalue weighted by Gasteiger charge is 2.53. The van der Waals surface area contributed by atoms with Crippen molar-refractivity contribution in [3.05, 3.63) is 29.3 Å². The summed E-state index contributed by atoms with van der Waals surface area (Å²) in [5.74, 6) is -2.20. The zero-order valence-corrected chi connectivity index (χ0v) is 17.6. The van der Waals surface area contributed by atoms with Crippen molar-refractivity contribution in [1.82, 2.24) is 0 Å². The van der Waals surface area contributed by atoms with Gasteiger partial charge in [-0.15, -0.1) is 0 Å². The van der Waals surface area contributed by atoms with E-state index in [2.05, 4.69) is 0 Å². The highest BCUT2D eigenvalue weighted by molar-refractivity contribution is 6.62. The third-order valence-electron chi connectivity index (χ3n) is 5.20. The molecule has 7 heteroatoms. The predicted molar refractivity (Wildman–Crippen MR) is 101 cm³/mol. The molecule has 0 amide bonds. The fourth-order valence-electron chi connectivity index (χ4n) is 2.65. The second kappa shape index (κ2) is 6.55. The molecule has 1 aliphatic rings. The van der Waals surface area contributed by atoms with Crippen LogP contribution >= 0.6 is 0 Å². The Balaban J connectivity index is 2.39. The van der Waals surface area contributed by atoms with Crippen molar-refractivity contribution in [3.8, 4) is 0 Å². The van der Waals surface area contributed by atoms with Crippen molar-refractivity contribution in [2.24, 2.45) is 0 Å². The van der Waals surface area contributed by atoms with Gasteiger partial charge in [-0.25, -0.2) is 8.78 Å². The van der Waals surface area contributed by atoms with E-state index in [-0.39, 0.29) is 11.0 Å². The smallest absolute Gasteiger partial charge is 0.459 e. The maximum atomic E-state index is 14.8. The van der Waals surface area contributed by atoms with E-state index in [0.717, 1.165) is 12.1 Å². The Bertz CT molecular complexity index is 712. The third kappa shape index (κ3) is 4.19. The molecule has 27 heavy (non-hydrogen) atoms. The molecule has 0 aromatic heterocycles. The highest BCUT2D eigenvalue weighted by Crippen LogP contribution is 2.37. The summed E-state index contributed by atoms with van der Waals surface area (Å²) in [6.07, 6.45) is 0. The Morgan fingerprint density at radius 3 is 1.74 bits per heavy atom. The van der Waals surface area contributed by atoms with Crippen LogP contribution in [-0.4, -0.2) is 29.9 Å². The Morgan fingerprint density at radius 2 is 1.37 bits per heavy atom. The minimum absolute atomic E-state index is 0.187. The molecule has 0 N–H and O–H groups in total. The van der Waals surface area contributed by atoms with Crippen LogP contribution in [0.5, 0.6) is 0 Å². The third-order valence-corrected chi connectivity index (χ3v) is 5.20. The van der Waals surface area contributed by atoms with E-state index >= 15 is 0 Å². The first-order valence-corrected chi connectivity index (χ1v) is 9.06. The van der Waals surface area contributed by atoms with Gasteiger partial charge < -0.3 is 14.0 Å². The summed E-state index contributed by atoms with van der Waals surface area (Å²) in [5, 5.41) is 0. The van der Waals surface area contributed by atoms with Crippen LogP contribution in [0.2, 0.25) is 0 Å². The van der Waals surface area contributed by atoms with E-state index in [1.54, 1.807) is 34.6 Å². The molecule has 1 aromatic carbocycles. The highest BCUT2D eigenvalue weighted by atomic mass is 19.1. The van der Waals surface area contributed by atoms with Gasteiger partial charge in [0.1, 0.15) is 17.2 Å². The number of hydrogen-bond acceptors (Lipinski definition) is 4. The fourth-order valence-corrected chi connectivity index (χ4v) is 2.65. The number of carbonyl (C=O) groups is 1. The zero-order chi connectivity index (χ0) is 21.0. The Morgan fingerprint density at radius 1 is 0.963 bits per heavy atom. The van der Waals surface area contributed by atoms with E-state index in [0.29, 0.717) is 0 Å². The van der Waals surface area contributed by atoms with Gasteiger partial charge in [0.15, 0.2) is 0 Å². The van der Waals surface area contributed by atoms with Crippen LogP contribution in [0.4, 0.5) is 8.78 Å². The summed E-state index contributed by atoms with van der Waals surface area (Å²) in [4.78, 5) is 12.5. The van der Waals surface area contributed by atoms with Crippen molar-refractivity contribution in [2.45, 2.75) is 84.5 Å². The van der Waals surface area contributed by atoms with Crippen molar-refractivity contribution in [3.63, 3.8) is 0 Å². The maximum Gasteiger partial charge on any atom is 0.500 e. The van der Waals surface area contributed by atoms with E-state index in [9.17, 15) is 13.6 Å². The normalized spacial score (nSPS) is 19.3. The number of halogens is 2. The average Bonchev–Trinajstić information content (AvgIpc) is 2.64. The lowest BCUT2D eigenvalue weighted by Crippen LogP contribution is -2.41. The number of benzene rings is 1. The lowest BCUT2D eigenvalue weighted by atomic mass is 9.75. The number of esters is 1. The van der Waals surface area contributed by atoms with E-state index in [1.165, 1.54) is 0 Å². The average molecular weight is 382 g/mol. The van der Waals surface area contributed by atoms with Crippen LogP contribution in [0.25, 0.3) is 0 Å². The van der Waals surface area contributed by atoms with E-state index in [4.69, 9.17) is 14.0 Å². The van der Waals surface area contributed by atoms with Crippen molar-refractivity contribution in [2.75, 3.05) is 0 Å². The van der Waals surface area contributed by atoms with Gasteiger partial charge in [0, 0.05) is 0 Å². The molecule has 0 radical (unpaired) electrons. The van der Waals surface area contributed by atoms with Crippen molar-refractivity contribution < 1.29 is 27.6 Å². The molecule has 150 valence electrons. The molecule has 4 nitrogen and oxygen atoms in total.